The fourth-order valence-electron chi connectivity index (χ4n) is 4.18. The predicted octanol–water partition coefficient (Wildman–Crippen LogP) is 5.00. The van der Waals surface area contributed by atoms with Crippen molar-refractivity contribution in [1.29, 1.82) is 0 Å². The number of aliphatic hydroxyl groups is 1. The molecule has 2 nitrogen and oxygen atoms in total. The third kappa shape index (κ3) is 5.34. The summed E-state index contributed by atoms with van der Waals surface area (Å²) in [5, 5.41) is 12.3. The summed E-state index contributed by atoms with van der Waals surface area (Å²) in [6, 6.07) is 21.6. The third-order valence-corrected chi connectivity index (χ3v) is 10.6. The van der Waals surface area contributed by atoms with Crippen molar-refractivity contribution < 1.29 is 9.53 Å². The summed E-state index contributed by atoms with van der Waals surface area (Å²) < 4.78 is 7.29. The van der Waals surface area contributed by atoms with Crippen molar-refractivity contribution in [2.24, 2.45) is 11.8 Å². The molecule has 0 aromatic heterocycles. The Hall–Kier alpha value is -1.42. The number of rotatable bonds is 9. The zero-order valence-electron chi connectivity index (χ0n) is 18.5. The second-order valence-electron chi connectivity index (χ2n) is 9.56. The van der Waals surface area contributed by atoms with Crippen LogP contribution in [0.2, 0.25) is 5.04 Å². The fraction of sp³-hybridized carbons (Fsp3) is 0.520. The monoisotopic (exact) mass is 398 g/mol. The van der Waals surface area contributed by atoms with Gasteiger partial charge >= 0.3 is 0 Å². The molecule has 154 valence electrons. The van der Waals surface area contributed by atoms with Crippen molar-refractivity contribution in [3.05, 3.63) is 60.7 Å². The first-order chi connectivity index (χ1) is 13.2. The molecule has 0 fully saturated rings. The van der Waals surface area contributed by atoms with Gasteiger partial charge in [0.1, 0.15) is 0 Å². The molecule has 1 N–H and O–H groups in total. The predicted molar refractivity (Wildman–Crippen MR) is 123 cm³/mol. The maximum absolute atomic E-state index is 9.67. The van der Waals surface area contributed by atoms with E-state index in [2.05, 4.69) is 102 Å². The average molecular weight is 399 g/mol. The molecule has 28 heavy (non-hydrogen) atoms. The maximum Gasteiger partial charge on any atom is 0.261 e. The molecule has 0 radical (unpaired) electrons. The van der Waals surface area contributed by atoms with E-state index in [0.717, 1.165) is 12.8 Å². The van der Waals surface area contributed by atoms with E-state index in [1.54, 1.807) is 0 Å². The van der Waals surface area contributed by atoms with Gasteiger partial charge in [0, 0.05) is 12.7 Å². The Bertz CT molecular complexity index is 652. The van der Waals surface area contributed by atoms with Gasteiger partial charge < -0.3 is 9.53 Å². The van der Waals surface area contributed by atoms with E-state index in [4.69, 9.17) is 4.43 Å². The largest absolute Gasteiger partial charge is 0.404 e. The molecule has 0 saturated carbocycles. The van der Waals surface area contributed by atoms with Gasteiger partial charge in [0.25, 0.3) is 8.32 Å². The minimum atomic E-state index is -2.54. The smallest absolute Gasteiger partial charge is 0.261 e. The van der Waals surface area contributed by atoms with E-state index >= 15 is 0 Å². The molecule has 0 heterocycles. The first-order valence-electron chi connectivity index (χ1n) is 10.6. The van der Waals surface area contributed by atoms with E-state index in [0.29, 0.717) is 5.92 Å². The van der Waals surface area contributed by atoms with E-state index in [1.165, 1.54) is 10.4 Å². The van der Waals surface area contributed by atoms with Gasteiger partial charge in [-0.05, 0) is 40.1 Å². The van der Waals surface area contributed by atoms with Crippen LogP contribution in [0.4, 0.5) is 0 Å². The van der Waals surface area contributed by atoms with E-state index in [1.807, 2.05) is 0 Å². The van der Waals surface area contributed by atoms with Crippen molar-refractivity contribution in [3.63, 3.8) is 0 Å². The third-order valence-electron chi connectivity index (χ3n) is 5.47. The Balaban J connectivity index is 2.62. The molecule has 2 atom stereocenters. The van der Waals surface area contributed by atoms with Crippen LogP contribution in [0.5, 0.6) is 0 Å². The number of benzene rings is 2. The van der Waals surface area contributed by atoms with Crippen LogP contribution < -0.4 is 10.4 Å². The van der Waals surface area contributed by atoms with Gasteiger partial charge in [-0.2, -0.15) is 0 Å². The Morgan fingerprint density at radius 1 is 0.821 bits per heavy atom. The molecule has 0 saturated heterocycles. The highest BCUT2D eigenvalue weighted by Gasteiger charge is 2.51. The molecule has 0 aliphatic rings. The minimum absolute atomic E-state index is 0.0204. The van der Waals surface area contributed by atoms with Gasteiger partial charge in [-0.1, -0.05) is 102 Å². The number of hydrogen-bond donors (Lipinski definition) is 1. The van der Waals surface area contributed by atoms with Crippen LogP contribution in [0, 0.1) is 11.8 Å². The Morgan fingerprint density at radius 3 is 1.64 bits per heavy atom. The molecule has 0 spiro atoms. The highest BCUT2D eigenvalue weighted by molar-refractivity contribution is 6.99. The summed E-state index contributed by atoms with van der Waals surface area (Å²) in [6.07, 6.45) is 2.03. The van der Waals surface area contributed by atoms with Crippen molar-refractivity contribution in [2.45, 2.75) is 65.5 Å². The molecule has 2 aromatic rings. The highest BCUT2D eigenvalue weighted by atomic mass is 28.4. The zero-order valence-corrected chi connectivity index (χ0v) is 19.5. The lowest BCUT2D eigenvalue weighted by Gasteiger charge is -2.46. The van der Waals surface area contributed by atoms with Crippen molar-refractivity contribution in [1.82, 2.24) is 0 Å². The highest BCUT2D eigenvalue weighted by Crippen LogP contribution is 2.38. The molecular formula is C25H38O2Si. The topological polar surface area (TPSA) is 29.5 Å². The van der Waals surface area contributed by atoms with Gasteiger partial charge in [-0.25, -0.2) is 0 Å². The van der Waals surface area contributed by atoms with Gasteiger partial charge in [-0.15, -0.1) is 0 Å². The average Bonchev–Trinajstić information content (AvgIpc) is 2.65. The summed E-state index contributed by atoms with van der Waals surface area (Å²) in [5.41, 5.74) is 0. The van der Waals surface area contributed by atoms with Crippen LogP contribution in [-0.4, -0.2) is 26.1 Å². The molecular weight excluding hydrogens is 360 g/mol. The summed E-state index contributed by atoms with van der Waals surface area (Å²) in [4.78, 5) is 0. The summed E-state index contributed by atoms with van der Waals surface area (Å²) in [7, 11) is -2.54. The summed E-state index contributed by atoms with van der Waals surface area (Å²) in [6.45, 7) is 13.8. The summed E-state index contributed by atoms with van der Waals surface area (Å²) in [5.74, 6) is 0.788. The molecule has 0 unspecified atom stereocenters. The van der Waals surface area contributed by atoms with Gasteiger partial charge in [-0.3, -0.25) is 0 Å². The zero-order chi connectivity index (χ0) is 20.8. The molecule has 0 aliphatic heterocycles. The van der Waals surface area contributed by atoms with Crippen molar-refractivity contribution in [3.8, 4) is 0 Å². The van der Waals surface area contributed by atoms with Crippen molar-refractivity contribution >= 4 is 18.7 Å². The van der Waals surface area contributed by atoms with Crippen LogP contribution in [0.3, 0.4) is 0 Å². The quantitative estimate of drug-likeness (QED) is 0.603. The first kappa shape index (κ1) is 22.9. The van der Waals surface area contributed by atoms with Crippen molar-refractivity contribution in [2.75, 3.05) is 6.61 Å². The molecule has 2 aromatic carbocycles. The second kappa shape index (κ2) is 9.86. The maximum atomic E-state index is 9.67. The van der Waals surface area contributed by atoms with Crippen LogP contribution >= 0.6 is 0 Å². The molecule has 0 aliphatic carbocycles. The van der Waals surface area contributed by atoms with Crippen LogP contribution in [0.1, 0.15) is 54.4 Å². The fourth-order valence-corrected chi connectivity index (χ4v) is 8.89. The van der Waals surface area contributed by atoms with Gasteiger partial charge in [0.15, 0.2) is 0 Å². The lowest BCUT2D eigenvalue weighted by molar-refractivity contribution is 0.115. The normalized spacial score (nSPS) is 14.9. The lowest BCUT2D eigenvalue weighted by Crippen LogP contribution is -2.67. The van der Waals surface area contributed by atoms with Crippen LogP contribution in [0.25, 0.3) is 0 Å². The Morgan fingerprint density at radius 2 is 1.29 bits per heavy atom. The Labute approximate surface area is 173 Å². The lowest BCUT2D eigenvalue weighted by atomic mass is 9.97. The minimum Gasteiger partial charge on any atom is -0.404 e. The van der Waals surface area contributed by atoms with Gasteiger partial charge in [0.05, 0.1) is 0 Å². The summed E-state index contributed by atoms with van der Waals surface area (Å²) >= 11 is 0. The number of aliphatic hydroxyl groups excluding tert-OH is 1. The molecule has 0 amide bonds. The van der Waals surface area contributed by atoms with Crippen LogP contribution in [-0.2, 0) is 4.43 Å². The SMILES string of the molecule is CC(C)C[C@H](C[C@@H](C)CO)O[Si](c1ccccc1)(c1ccccc1)C(C)(C)C. The van der Waals surface area contributed by atoms with E-state index in [9.17, 15) is 5.11 Å². The molecule has 3 heteroatoms. The Kier molecular flexibility index (Phi) is 8.05. The van der Waals surface area contributed by atoms with Gasteiger partial charge in [0.2, 0.25) is 0 Å². The second-order valence-corrected chi connectivity index (χ2v) is 13.8. The van der Waals surface area contributed by atoms with E-state index < -0.39 is 8.32 Å². The molecule has 0 bridgehead atoms. The van der Waals surface area contributed by atoms with Crippen LogP contribution in [0.15, 0.2) is 60.7 Å². The number of hydrogen-bond acceptors (Lipinski definition) is 2. The van der Waals surface area contributed by atoms with E-state index in [-0.39, 0.29) is 23.7 Å². The molecule has 2 rings (SSSR count). The first-order valence-corrected chi connectivity index (χ1v) is 12.5. The standard InChI is InChI=1S/C25H38O2Si/c1-20(2)17-22(18-21(3)19-26)27-28(25(4,5)6,23-13-9-7-10-14-23)24-15-11-8-12-16-24/h7-16,20-22,26H,17-19H2,1-6H3/t21-,22-/m1/s1.